The third-order valence-corrected chi connectivity index (χ3v) is 4.70. The minimum atomic E-state index is -0.686. The van der Waals surface area contributed by atoms with E-state index >= 15 is 0 Å². The number of ether oxygens (including phenoxy) is 2. The molecule has 0 atom stereocenters. The van der Waals surface area contributed by atoms with Crippen LogP contribution in [0.2, 0.25) is 0 Å². The van der Waals surface area contributed by atoms with E-state index < -0.39 is 17.8 Å². The minimum absolute atomic E-state index is 0.00528. The summed E-state index contributed by atoms with van der Waals surface area (Å²) in [5.74, 6) is -1.73. The van der Waals surface area contributed by atoms with Crippen LogP contribution in [-0.2, 0) is 9.47 Å². The first kappa shape index (κ1) is 19.1. The lowest BCUT2D eigenvalue weighted by atomic mass is 10.1. The number of hydrogen-bond donors (Lipinski definition) is 1. The number of carbonyl (C=O) groups is 3. The Balaban J connectivity index is 2.37. The Labute approximate surface area is 157 Å². The van der Waals surface area contributed by atoms with Crippen molar-refractivity contribution >= 4 is 50.1 Å². The smallest absolute Gasteiger partial charge is 0.342 e. The van der Waals surface area contributed by atoms with E-state index in [4.69, 9.17) is 9.47 Å². The van der Waals surface area contributed by atoms with Crippen LogP contribution in [0.3, 0.4) is 0 Å². The van der Waals surface area contributed by atoms with Crippen molar-refractivity contribution in [3.05, 3.63) is 50.8 Å². The van der Waals surface area contributed by atoms with E-state index in [1.54, 1.807) is 38.1 Å². The fourth-order valence-corrected chi connectivity index (χ4v) is 3.41. The number of rotatable bonds is 6. The quantitative estimate of drug-likeness (QED) is 0.703. The fraction of sp³-hybridized carbons (Fsp3) is 0.235. The maximum atomic E-state index is 12.5. The molecular formula is C17H16BrNO5S. The van der Waals surface area contributed by atoms with Gasteiger partial charge in [-0.3, -0.25) is 4.79 Å². The van der Waals surface area contributed by atoms with E-state index in [-0.39, 0.29) is 29.3 Å². The van der Waals surface area contributed by atoms with Gasteiger partial charge in [-0.05, 0) is 41.9 Å². The molecule has 1 N–H and O–H groups in total. The highest BCUT2D eigenvalue weighted by molar-refractivity contribution is 9.10. The highest BCUT2D eigenvalue weighted by atomic mass is 79.9. The summed E-state index contributed by atoms with van der Waals surface area (Å²) < 4.78 is 10.6. The van der Waals surface area contributed by atoms with Gasteiger partial charge in [-0.1, -0.05) is 12.1 Å². The Morgan fingerprint density at radius 1 is 1.04 bits per heavy atom. The predicted molar refractivity (Wildman–Crippen MR) is 98.3 cm³/mol. The van der Waals surface area contributed by atoms with Gasteiger partial charge in [0.15, 0.2) is 0 Å². The van der Waals surface area contributed by atoms with Crippen LogP contribution < -0.4 is 5.32 Å². The number of halogens is 1. The average Bonchev–Trinajstić information content (AvgIpc) is 2.99. The zero-order valence-electron chi connectivity index (χ0n) is 13.6. The van der Waals surface area contributed by atoms with Gasteiger partial charge in [0.25, 0.3) is 5.91 Å². The molecule has 1 aromatic carbocycles. The number of nitrogens with one attached hydrogen (secondary N) is 1. The molecular weight excluding hydrogens is 410 g/mol. The largest absolute Gasteiger partial charge is 0.462 e. The van der Waals surface area contributed by atoms with Gasteiger partial charge in [-0.2, -0.15) is 0 Å². The third-order valence-electron chi connectivity index (χ3n) is 3.11. The Morgan fingerprint density at radius 2 is 1.68 bits per heavy atom. The van der Waals surface area contributed by atoms with Crippen LogP contribution in [-0.4, -0.2) is 31.1 Å². The monoisotopic (exact) mass is 425 g/mol. The molecule has 25 heavy (non-hydrogen) atoms. The van der Waals surface area contributed by atoms with Crippen LogP contribution in [0.4, 0.5) is 5.00 Å². The molecule has 0 saturated carbocycles. The summed E-state index contributed by atoms with van der Waals surface area (Å²) in [6, 6.07) is 6.89. The second-order valence-corrected chi connectivity index (χ2v) is 6.46. The van der Waals surface area contributed by atoms with Gasteiger partial charge in [0, 0.05) is 9.85 Å². The van der Waals surface area contributed by atoms with Crippen LogP contribution in [0, 0.1) is 0 Å². The van der Waals surface area contributed by atoms with Gasteiger partial charge in [0.05, 0.1) is 24.3 Å². The molecule has 1 aromatic heterocycles. The summed E-state index contributed by atoms with van der Waals surface area (Å²) in [6.45, 7) is 3.65. The molecule has 0 bridgehead atoms. The summed E-state index contributed by atoms with van der Waals surface area (Å²) in [7, 11) is 0. The zero-order valence-corrected chi connectivity index (χ0v) is 16.0. The standard InChI is InChI=1S/C17H16BrNO5S/c1-3-23-16(21)11-9-25-15(13(11)17(22)24-4-2)19-14(20)10-7-5-6-8-12(10)18/h5-9H,3-4H2,1-2H3,(H,19,20). The van der Waals surface area contributed by atoms with E-state index in [1.807, 2.05) is 0 Å². The molecule has 0 aliphatic heterocycles. The van der Waals surface area contributed by atoms with E-state index in [9.17, 15) is 14.4 Å². The van der Waals surface area contributed by atoms with Crippen LogP contribution in [0.25, 0.3) is 0 Å². The number of hydrogen-bond acceptors (Lipinski definition) is 6. The number of amides is 1. The molecule has 0 aliphatic carbocycles. The zero-order chi connectivity index (χ0) is 18.4. The second kappa shape index (κ2) is 8.77. The second-order valence-electron chi connectivity index (χ2n) is 4.73. The number of thiophene rings is 1. The minimum Gasteiger partial charge on any atom is -0.462 e. The first-order chi connectivity index (χ1) is 12.0. The van der Waals surface area contributed by atoms with Crippen LogP contribution in [0.15, 0.2) is 34.1 Å². The molecule has 6 nitrogen and oxygen atoms in total. The highest BCUT2D eigenvalue weighted by Gasteiger charge is 2.27. The molecule has 2 aromatic rings. The lowest BCUT2D eigenvalue weighted by Crippen LogP contribution is -2.17. The summed E-state index contributed by atoms with van der Waals surface area (Å²) in [6.07, 6.45) is 0. The van der Waals surface area contributed by atoms with Crippen molar-refractivity contribution in [1.29, 1.82) is 0 Å². The van der Waals surface area contributed by atoms with E-state index in [2.05, 4.69) is 21.2 Å². The van der Waals surface area contributed by atoms with Crippen LogP contribution in [0.1, 0.15) is 44.9 Å². The van der Waals surface area contributed by atoms with E-state index in [0.29, 0.717) is 10.0 Å². The molecule has 132 valence electrons. The van der Waals surface area contributed by atoms with Crippen molar-refractivity contribution in [2.75, 3.05) is 18.5 Å². The predicted octanol–water partition coefficient (Wildman–Crippen LogP) is 4.12. The maximum absolute atomic E-state index is 12.5. The molecule has 1 heterocycles. The van der Waals surface area contributed by atoms with Crippen molar-refractivity contribution in [2.45, 2.75) is 13.8 Å². The highest BCUT2D eigenvalue weighted by Crippen LogP contribution is 2.31. The number of esters is 2. The Morgan fingerprint density at radius 3 is 2.32 bits per heavy atom. The normalized spacial score (nSPS) is 10.2. The SMILES string of the molecule is CCOC(=O)c1csc(NC(=O)c2ccccc2Br)c1C(=O)OCC. The molecule has 8 heteroatoms. The van der Waals surface area contributed by atoms with Crippen molar-refractivity contribution in [3.63, 3.8) is 0 Å². The lowest BCUT2D eigenvalue weighted by molar-refractivity contribution is 0.0481. The van der Waals surface area contributed by atoms with Crippen LogP contribution >= 0.6 is 27.3 Å². The van der Waals surface area contributed by atoms with Gasteiger partial charge in [0.1, 0.15) is 10.6 Å². The third kappa shape index (κ3) is 4.46. The van der Waals surface area contributed by atoms with Crippen molar-refractivity contribution < 1.29 is 23.9 Å². The summed E-state index contributed by atoms with van der Waals surface area (Å²) in [5.41, 5.74) is 0.488. The molecule has 0 fully saturated rings. The molecule has 0 unspecified atom stereocenters. The summed E-state index contributed by atoms with van der Waals surface area (Å²) in [4.78, 5) is 36.8. The Hall–Kier alpha value is -2.19. The number of benzene rings is 1. The van der Waals surface area contributed by atoms with Gasteiger partial charge in [-0.25, -0.2) is 9.59 Å². The van der Waals surface area contributed by atoms with Gasteiger partial charge < -0.3 is 14.8 Å². The molecule has 0 radical (unpaired) electrons. The topological polar surface area (TPSA) is 81.7 Å². The molecule has 1 amide bonds. The van der Waals surface area contributed by atoms with Gasteiger partial charge >= 0.3 is 11.9 Å². The molecule has 0 aliphatic rings. The fourth-order valence-electron chi connectivity index (χ4n) is 2.03. The lowest BCUT2D eigenvalue weighted by Gasteiger charge is -2.09. The number of anilines is 1. The van der Waals surface area contributed by atoms with Gasteiger partial charge in [-0.15, -0.1) is 11.3 Å². The van der Waals surface area contributed by atoms with Crippen molar-refractivity contribution in [3.8, 4) is 0 Å². The summed E-state index contributed by atoms with van der Waals surface area (Å²) >= 11 is 4.37. The van der Waals surface area contributed by atoms with Crippen molar-refractivity contribution in [1.82, 2.24) is 0 Å². The van der Waals surface area contributed by atoms with E-state index in [1.165, 1.54) is 5.38 Å². The summed E-state index contributed by atoms with van der Waals surface area (Å²) in [5, 5.41) is 4.38. The van der Waals surface area contributed by atoms with Crippen molar-refractivity contribution in [2.24, 2.45) is 0 Å². The molecule has 0 spiro atoms. The maximum Gasteiger partial charge on any atom is 0.342 e. The Kier molecular flexibility index (Phi) is 6.72. The first-order valence-corrected chi connectivity index (χ1v) is 9.18. The average molecular weight is 426 g/mol. The van der Waals surface area contributed by atoms with Gasteiger partial charge in [0.2, 0.25) is 0 Å². The molecule has 2 rings (SSSR count). The first-order valence-electron chi connectivity index (χ1n) is 7.51. The number of carbonyl (C=O) groups excluding carboxylic acids is 3. The molecule has 0 saturated heterocycles. The Bertz CT molecular complexity index is 802. The van der Waals surface area contributed by atoms with E-state index in [0.717, 1.165) is 11.3 Å². The van der Waals surface area contributed by atoms with Crippen LogP contribution in [0.5, 0.6) is 0 Å².